The van der Waals surface area contributed by atoms with E-state index in [0.29, 0.717) is 23.6 Å². The molecule has 0 unspecified atom stereocenters. The third kappa shape index (κ3) is 5.97. The summed E-state index contributed by atoms with van der Waals surface area (Å²) in [6.07, 6.45) is 1.37. The summed E-state index contributed by atoms with van der Waals surface area (Å²) in [5, 5.41) is 13.0. The van der Waals surface area contributed by atoms with Gasteiger partial charge >= 0.3 is 0 Å². The average Bonchev–Trinajstić information content (AvgIpc) is 2.76. The highest BCUT2D eigenvalue weighted by atomic mass is 35.5. The molecule has 0 heterocycles. The van der Waals surface area contributed by atoms with Crippen LogP contribution in [0.5, 0.6) is 5.75 Å². The topological polar surface area (TPSA) is 62.1 Å². The fourth-order valence-electron chi connectivity index (χ4n) is 2.75. The summed E-state index contributed by atoms with van der Waals surface area (Å²) in [7, 11) is 0. The number of halogens is 4. The van der Waals surface area contributed by atoms with Crippen molar-refractivity contribution in [3.63, 3.8) is 0 Å². The van der Waals surface area contributed by atoms with Gasteiger partial charge in [0.25, 0.3) is 5.91 Å². The number of ether oxygens (including phenoxy) is 1. The SMILES string of the molecule is Cc1ccc(COc2c(Cl)cc(/C=C(/C#N)C(=O)Nc3cccc(Cl)c3Cl)cc2Cl)cc1. The Morgan fingerprint density at radius 2 is 1.69 bits per heavy atom. The summed E-state index contributed by atoms with van der Waals surface area (Å²) in [4.78, 5) is 12.5. The highest BCUT2D eigenvalue weighted by molar-refractivity contribution is 6.44. The number of nitrogens with zero attached hydrogens (tertiary/aromatic N) is 1. The van der Waals surface area contributed by atoms with E-state index < -0.39 is 5.91 Å². The Bertz CT molecular complexity index is 1210. The van der Waals surface area contributed by atoms with Gasteiger partial charge in [0.2, 0.25) is 0 Å². The second-order valence-corrected chi connectivity index (χ2v) is 8.41. The number of rotatable bonds is 6. The molecule has 0 aliphatic carbocycles. The maximum atomic E-state index is 12.5. The molecule has 0 aromatic heterocycles. The van der Waals surface area contributed by atoms with Crippen LogP contribution in [0, 0.1) is 18.3 Å². The maximum Gasteiger partial charge on any atom is 0.266 e. The van der Waals surface area contributed by atoms with Crippen molar-refractivity contribution in [1.29, 1.82) is 5.26 Å². The highest BCUT2D eigenvalue weighted by Crippen LogP contribution is 2.35. The van der Waals surface area contributed by atoms with E-state index in [4.69, 9.17) is 51.1 Å². The lowest BCUT2D eigenvalue weighted by Gasteiger charge is -2.11. The van der Waals surface area contributed by atoms with E-state index in [2.05, 4.69) is 5.32 Å². The summed E-state index contributed by atoms with van der Waals surface area (Å²) in [5.74, 6) is -0.330. The fourth-order valence-corrected chi connectivity index (χ4v) is 3.71. The van der Waals surface area contributed by atoms with Crippen molar-refractivity contribution >= 4 is 64.1 Å². The standard InChI is InChI=1S/C24H16Cl4N2O2/c1-14-5-7-15(8-6-14)13-32-23-19(26)10-16(11-20(23)27)9-17(12-29)24(31)30-21-4-2-3-18(25)22(21)28/h2-11H,13H2,1H3,(H,30,31)/b17-9-. The molecule has 3 aromatic rings. The van der Waals surface area contributed by atoms with Crippen LogP contribution in [0.3, 0.4) is 0 Å². The number of nitriles is 1. The molecule has 8 heteroatoms. The number of hydrogen-bond donors (Lipinski definition) is 1. The van der Waals surface area contributed by atoms with Crippen molar-refractivity contribution in [2.45, 2.75) is 13.5 Å². The summed E-state index contributed by atoms with van der Waals surface area (Å²) in [5.41, 5.74) is 2.71. The molecule has 1 amide bonds. The number of benzene rings is 3. The lowest BCUT2D eigenvalue weighted by atomic mass is 10.1. The molecule has 1 N–H and O–H groups in total. The van der Waals surface area contributed by atoms with E-state index in [1.807, 2.05) is 37.3 Å². The second kappa shape index (κ2) is 10.8. The van der Waals surface area contributed by atoms with Crippen LogP contribution in [0.4, 0.5) is 5.69 Å². The van der Waals surface area contributed by atoms with Gasteiger partial charge in [-0.2, -0.15) is 5.26 Å². The van der Waals surface area contributed by atoms with Crippen LogP contribution >= 0.6 is 46.4 Å². The smallest absolute Gasteiger partial charge is 0.266 e. The molecule has 0 bridgehead atoms. The Kier molecular flexibility index (Phi) is 8.06. The van der Waals surface area contributed by atoms with Gasteiger partial charge in [-0.25, -0.2) is 0 Å². The first-order chi connectivity index (χ1) is 15.3. The molecule has 4 nitrogen and oxygen atoms in total. The van der Waals surface area contributed by atoms with E-state index in [1.165, 1.54) is 6.08 Å². The Morgan fingerprint density at radius 3 is 2.31 bits per heavy atom. The molecular formula is C24H16Cl4N2O2. The van der Waals surface area contributed by atoms with E-state index in [-0.39, 0.29) is 25.7 Å². The summed E-state index contributed by atoms with van der Waals surface area (Å²) in [6, 6.07) is 17.7. The molecule has 0 aliphatic heterocycles. The summed E-state index contributed by atoms with van der Waals surface area (Å²) >= 11 is 24.7. The van der Waals surface area contributed by atoms with Gasteiger partial charge in [0.1, 0.15) is 18.2 Å². The zero-order valence-corrected chi connectivity index (χ0v) is 19.8. The number of anilines is 1. The lowest BCUT2D eigenvalue weighted by molar-refractivity contribution is -0.112. The minimum absolute atomic E-state index is 0.165. The second-order valence-electron chi connectivity index (χ2n) is 6.81. The number of hydrogen-bond acceptors (Lipinski definition) is 3. The van der Waals surface area contributed by atoms with Gasteiger partial charge in [0, 0.05) is 0 Å². The Morgan fingerprint density at radius 1 is 1.03 bits per heavy atom. The first kappa shape index (κ1) is 24.0. The number of amides is 1. The van der Waals surface area contributed by atoms with Gasteiger partial charge in [-0.15, -0.1) is 0 Å². The normalized spacial score (nSPS) is 11.1. The van der Waals surface area contributed by atoms with Crippen LogP contribution in [0.15, 0.2) is 60.2 Å². The fraction of sp³-hybridized carbons (Fsp3) is 0.0833. The molecule has 3 aromatic carbocycles. The minimum Gasteiger partial charge on any atom is -0.486 e. The molecule has 162 valence electrons. The quantitative estimate of drug-likeness (QED) is 0.275. The summed E-state index contributed by atoms with van der Waals surface area (Å²) < 4.78 is 5.77. The predicted octanol–water partition coefficient (Wildman–Crippen LogP) is 7.73. The molecule has 32 heavy (non-hydrogen) atoms. The van der Waals surface area contributed by atoms with Gasteiger partial charge < -0.3 is 10.1 Å². The van der Waals surface area contributed by atoms with Crippen molar-refractivity contribution in [2.24, 2.45) is 0 Å². The van der Waals surface area contributed by atoms with Crippen LogP contribution in [-0.4, -0.2) is 5.91 Å². The third-order valence-electron chi connectivity index (χ3n) is 4.40. The van der Waals surface area contributed by atoms with Gasteiger partial charge in [-0.3, -0.25) is 4.79 Å². The first-order valence-corrected chi connectivity index (χ1v) is 10.8. The average molecular weight is 506 g/mol. The van der Waals surface area contributed by atoms with Crippen LogP contribution in [0.1, 0.15) is 16.7 Å². The van der Waals surface area contributed by atoms with E-state index >= 15 is 0 Å². The monoisotopic (exact) mass is 504 g/mol. The van der Waals surface area contributed by atoms with Crippen LogP contribution < -0.4 is 10.1 Å². The minimum atomic E-state index is -0.649. The van der Waals surface area contributed by atoms with Gasteiger partial charge in [-0.1, -0.05) is 82.3 Å². The predicted molar refractivity (Wildman–Crippen MR) is 131 cm³/mol. The van der Waals surface area contributed by atoms with Gasteiger partial charge in [-0.05, 0) is 48.4 Å². The van der Waals surface area contributed by atoms with Gasteiger partial charge in [0.05, 0.1) is 25.8 Å². The molecule has 0 spiro atoms. The number of aryl methyl sites for hydroxylation is 1. The maximum absolute atomic E-state index is 12.5. The molecule has 0 saturated heterocycles. The summed E-state index contributed by atoms with van der Waals surface area (Å²) in [6.45, 7) is 2.30. The van der Waals surface area contributed by atoms with Crippen molar-refractivity contribution in [3.8, 4) is 11.8 Å². The number of nitrogens with one attached hydrogen (secondary N) is 1. The Hall–Kier alpha value is -2.68. The van der Waals surface area contributed by atoms with Crippen molar-refractivity contribution in [3.05, 3.63) is 97.0 Å². The van der Waals surface area contributed by atoms with Crippen molar-refractivity contribution < 1.29 is 9.53 Å². The molecule has 0 atom stereocenters. The van der Waals surface area contributed by atoms with Gasteiger partial charge in [0.15, 0.2) is 5.75 Å². The number of carbonyl (C=O) groups excluding carboxylic acids is 1. The zero-order chi connectivity index (χ0) is 23.3. The molecule has 3 rings (SSSR count). The van der Waals surface area contributed by atoms with Crippen LogP contribution in [0.2, 0.25) is 20.1 Å². The largest absolute Gasteiger partial charge is 0.486 e. The Labute approximate surface area is 205 Å². The molecule has 0 fully saturated rings. The highest BCUT2D eigenvalue weighted by Gasteiger charge is 2.15. The Balaban J connectivity index is 1.78. The first-order valence-electron chi connectivity index (χ1n) is 9.33. The van der Waals surface area contributed by atoms with E-state index in [1.54, 1.807) is 30.3 Å². The zero-order valence-electron chi connectivity index (χ0n) is 16.8. The van der Waals surface area contributed by atoms with Crippen LogP contribution in [0.25, 0.3) is 6.08 Å². The molecule has 0 radical (unpaired) electrons. The van der Waals surface area contributed by atoms with Crippen LogP contribution in [-0.2, 0) is 11.4 Å². The van der Waals surface area contributed by atoms with E-state index in [9.17, 15) is 10.1 Å². The van der Waals surface area contributed by atoms with E-state index in [0.717, 1.165) is 11.1 Å². The van der Waals surface area contributed by atoms with Crippen molar-refractivity contribution in [2.75, 3.05) is 5.32 Å². The number of carbonyl (C=O) groups is 1. The van der Waals surface area contributed by atoms with Crippen molar-refractivity contribution in [1.82, 2.24) is 0 Å². The lowest BCUT2D eigenvalue weighted by Crippen LogP contribution is -2.13. The molecular weight excluding hydrogens is 490 g/mol. The third-order valence-corrected chi connectivity index (χ3v) is 5.78. The molecule has 0 saturated carbocycles. The molecule has 0 aliphatic rings.